The van der Waals surface area contributed by atoms with Crippen molar-refractivity contribution in [1.82, 2.24) is 19.7 Å². The van der Waals surface area contributed by atoms with Crippen molar-refractivity contribution >= 4 is 39.3 Å². The van der Waals surface area contributed by atoms with Gasteiger partial charge in [0.2, 0.25) is 11.9 Å². The number of nitrogens with one attached hydrogen (secondary N) is 1. The summed E-state index contributed by atoms with van der Waals surface area (Å²) < 4.78 is 1.49. The predicted molar refractivity (Wildman–Crippen MR) is 124 cm³/mol. The molecule has 7 nitrogen and oxygen atoms in total. The Morgan fingerprint density at radius 2 is 1.50 bits per heavy atom. The highest BCUT2D eigenvalue weighted by Gasteiger charge is 2.19. The molecule has 1 N–H and O–H groups in total. The number of likely N-dealkylation sites (tertiary alicyclic amines) is 1. The molecule has 1 aliphatic rings. The molecule has 1 aromatic heterocycles. The maximum Gasteiger partial charge on any atom is 0.259 e. The molecule has 162 valence electrons. The number of aromatic nitrogens is 3. The molecule has 2 heterocycles. The van der Waals surface area contributed by atoms with Gasteiger partial charge in [0.15, 0.2) is 0 Å². The molecule has 3 aromatic carbocycles. The molecule has 1 fully saturated rings. The summed E-state index contributed by atoms with van der Waals surface area (Å²) in [6, 6.07) is 17.8. The lowest BCUT2D eigenvalue weighted by Gasteiger charge is -2.19. The molecule has 1 saturated heterocycles. The van der Waals surface area contributed by atoms with Crippen LogP contribution in [0, 0.1) is 0 Å². The van der Waals surface area contributed by atoms with Crippen molar-refractivity contribution in [3.63, 3.8) is 0 Å². The van der Waals surface area contributed by atoms with Gasteiger partial charge in [0.05, 0.1) is 5.56 Å². The molecule has 32 heavy (non-hydrogen) atoms. The molecule has 2 amide bonds. The number of hydrogen-bond donors (Lipinski definition) is 1. The van der Waals surface area contributed by atoms with Crippen LogP contribution < -0.4 is 5.32 Å². The summed E-state index contributed by atoms with van der Waals surface area (Å²) in [4.78, 5) is 32.0. The molecule has 1 aliphatic heterocycles. The van der Waals surface area contributed by atoms with Gasteiger partial charge in [-0.3, -0.25) is 14.9 Å². The third-order valence-corrected chi connectivity index (χ3v) is 6.02. The van der Waals surface area contributed by atoms with Crippen molar-refractivity contribution in [3.05, 3.63) is 66.5 Å². The highest BCUT2D eigenvalue weighted by atomic mass is 16.2. The van der Waals surface area contributed by atoms with Crippen LogP contribution in [0.3, 0.4) is 0 Å². The van der Waals surface area contributed by atoms with E-state index in [0.717, 1.165) is 47.5 Å². The molecule has 0 aliphatic carbocycles. The van der Waals surface area contributed by atoms with E-state index in [1.807, 2.05) is 53.4 Å². The van der Waals surface area contributed by atoms with E-state index in [9.17, 15) is 9.59 Å². The summed E-state index contributed by atoms with van der Waals surface area (Å²) in [5.41, 5.74) is 0.593. The fourth-order valence-corrected chi connectivity index (χ4v) is 4.41. The van der Waals surface area contributed by atoms with Crippen molar-refractivity contribution in [2.45, 2.75) is 32.2 Å². The minimum Gasteiger partial charge on any atom is -0.341 e. The number of hydrogen-bond acceptors (Lipinski definition) is 4. The Bertz CT molecular complexity index is 1230. The lowest BCUT2D eigenvalue weighted by atomic mass is 9.96. The van der Waals surface area contributed by atoms with Crippen molar-refractivity contribution < 1.29 is 9.59 Å². The number of benzene rings is 3. The molecule has 0 atom stereocenters. The Kier molecular flexibility index (Phi) is 5.54. The summed E-state index contributed by atoms with van der Waals surface area (Å²) in [5, 5.41) is 10.9. The molecule has 4 aromatic rings. The standard InChI is InChI=1S/C25H25N5O2/c31-22(29-13-7-1-2-8-14-29)16-30-17-26-25(28-30)27-24(32)23-20-11-5-3-9-18(20)15-19-10-4-6-12-21(19)23/h3-6,9-12,15,17H,1-2,7-8,13-14,16H2,(H,27,28,32). The average Bonchev–Trinajstić information content (AvgIpc) is 3.06. The highest BCUT2D eigenvalue weighted by molar-refractivity contribution is 6.21. The van der Waals surface area contributed by atoms with Gasteiger partial charge in [0.25, 0.3) is 5.91 Å². The molecule has 0 bridgehead atoms. The van der Waals surface area contributed by atoms with Gasteiger partial charge in [-0.1, -0.05) is 61.4 Å². The zero-order chi connectivity index (χ0) is 21.9. The summed E-state index contributed by atoms with van der Waals surface area (Å²) >= 11 is 0. The average molecular weight is 428 g/mol. The van der Waals surface area contributed by atoms with Crippen molar-refractivity contribution in [1.29, 1.82) is 0 Å². The number of fused-ring (bicyclic) bond motifs is 2. The van der Waals surface area contributed by atoms with Crippen LogP contribution in [0.15, 0.2) is 60.9 Å². The van der Waals surface area contributed by atoms with Crippen LogP contribution in [0.25, 0.3) is 21.5 Å². The Balaban J connectivity index is 1.37. The lowest BCUT2D eigenvalue weighted by Crippen LogP contribution is -2.34. The van der Waals surface area contributed by atoms with Crippen LogP contribution in [-0.2, 0) is 11.3 Å². The van der Waals surface area contributed by atoms with E-state index in [-0.39, 0.29) is 24.3 Å². The zero-order valence-corrected chi connectivity index (χ0v) is 17.8. The minimum atomic E-state index is -0.269. The number of amides is 2. The SMILES string of the molecule is O=C(Nc1ncn(CC(=O)N2CCCCCC2)n1)c1c2ccccc2cc2ccccc12. The van der Waals surface area contributed by atoms with Crippen LogP contribution in [0.4, 0.5) is 5.95 Å². The van der Waals surface area contributed by atoms with Gasteiger partial charge in [-0.2, -0.15) is 0 Å². The van der Waals surface area contributed by atoms with Gasteiger partial charge in [-0.15, -0.1) is 5.10 Å². The van der Waals surface area contributed by atoms with Gasteiger partial charge in [-0.05, 0) is 40.5 Å². The molecule has 5 rings (SSSR count). The van der Waals surface area contributed by atoms with Gasteiger partial charge >= 0.3 is 0 Å². The molecular weight excluding hydrogens is 402 g/mol. The lowest BCUT2D eigenvalue weighted by molar-refractivity contribution is -0.132. The molecule has 0 unspecified atom stereocenters. The van der Waals surface area contributed by atoms with Crippen LogP contribution >= 0.6 is 0 Å². The maximum atomic E-state index is 13.3. The van der Waals surface area contributed by atoms with Gasteiger partial charge in [0.1, 0.15) is 12.9 Å². The Morgan fingerprint density at radius 1 is 0.875 bits per heavy atom. The monoisotopic (exact) mass is 427 g/mol. The molecule has 0 radical (unpaired) electrons. The number of nitrogens with zero attached hydrogens (tertiary/aromatic N) is 4. The smallest absolute Gasteiger partial charge is 0.259 e. The highest BCUT2D eigenvalue weighted by Crippen LogP contribution is 2.29. The van der Waals surface area contributed by atoms with Gasteiger partial charge in [-0.25, -0.2) is 9.67 Å². The van der Waals surface area contributed by atoms with E-state index in [1.165, 1.54) is 23.9 Å². The number of anilines is 1. The second-order valence-electron chi connectivity index (χ2n) is 8.21. The number of carbonyl (C=O) groups is 2. The zero-order valence-electron chi connectivity index (χ0n) is 17.8. The molecule has 7 heteroatoms. The van der Waals surface area contributed by atoms with E-state index in [4.69, 9.17) is 0 Å². The number of carbonyl (C=O) groups excluding carboxylic acids is 2. The summed E-state index contributed by atoms with van der Waals surface area (Å²) in [5.74, 6) is -0.0417. The van der Waals surface area contributed by atoms with E-state index in [0.29, 0.717) is 5.56 Å². The third-order valence-electron chi connectivity index (χ3n) is 6.02. The van der Waals surface area contributed by atoms with Gasteiger partial charge in [0, 0.05) is 13.1 Å². The first-order chi connectivity index (χ1) is 15.7. The molecular formula is C25H25N5O2. The van der Waals surface area contributed by atoms with Crippen LogP contribution in [0.5, 0.6) is 0 Å². The van der Waals surface area contributed by atoms with Crippen molar-refractivity contribution in [3.8, 4) is 0 Å². The normalized spacial score (nSPS) is 14.4. The van der Waals surface area contributed by atoms with E-state index >= 15 is 0 Å². The Hall–Kier alpha value is -3.74. The quantitative estimate of drug-likeness (QED) is 0.494. The summed E-state index contributed by atoms with van der Waals surface area (Å²) in [6.45, 7) is 1.72. The van der Waals surface area contributed by atoms with Crippen molar-refractivity contribution in [2.75, 3.05) is 18.4 Å². The van der Waals surface area contributed by atoms with Gasteiger partial charge < -0.3 is 4.90 Å². The predicted octanol–water partition coefficient (Wildman–Crippen LogP) is 4.24. The van der Waals surface area contributed by atoms with E-state index < -0.39 is 0 Å². The number of rotatable bonds is 4. The fourth-order valence-electron chi connectivity index (χ4n) is 4.41. The first-order valence-corrected chi connectivity index (χ1v) is 11.1. The van der Waals surface area contributed by atoms with Crippen LogP contribution in [-0.4, -0.2) is 44.6 Å². The Morgan fingerprint density at radius 3 is 2.16 bits per heavy atom. The minimum absolute atomic E-state index is 0.0368. The second-order valence-corrected chi connectivity index (χ2v) is 8.21. The first kappa shape index (κ1) is 20.2. The second kappa shape index (κ2) is 8.78. The Labute approximate surface area is 186 Å². The molecule has 0 spiro atoms. The van der Waals surface area contributed by atoms with E-state index in [1.54, 1.807) is 0 Å². The van der Waals surface area contributed by atoms with Crippen LogP contribution in [0.2, 0.25) is 0 Å². The maximum absolute atomic E-state index is 13.3. The largest absolute Gasteiger partial charge is 0.341 e. The van der Waals surface area contributed by atoms with Crippen molar-refractivity contribution in [2.24, 2.45) is 0 Å². The summed E-state index contributed by atoms with van der Waals surface area (Å²) in [6.07, 6.45) is 5.93. The molecule has 0 saturated carbocycles. The van der Waals surface area contributed by atoms with E-state index in [2.05, 4.69) is 21.5 Å². The third kappa shape index (κ3) is 4.06. The summed E-state index contributed by atoms with van der Waals surface area (Å²) in [7, 11) is 0. The fraction of sp³-hybridized carbons (Fsp3) is 0.280. The topological polar surface area (TPSA) is 80.1 Å². The van der Waals surface area contributed by atoms with Crippen LogP contribution in [0.1, 0.15) is 36.0 Å². The first-order valence-electron chi connectivity index (χ1n) is 11.1.